The second-order valence-electron chi connectivity index (χ2n) is 6.05. The maximum atomic E-state index is 12.7. The van der Waals surface area contributed by atoms with Crippen LogP contribution in [0.15, 0.2) is 26.0 Å². The molecule has 118 valence electrons. The van der Waals surface area contributed by atoms with Crippen molar-refractivity contribution in [3.63, 3.8) is 0 Å². The molecule has 0 bridgehead atoms. The topological polar surface area (TPSA) is 72.2 Å². The van der Waals surface area contributed by atoms with Gasteiger partial charge in [0, 0.05) is 20.7 Å². The number of anilines is 1. The lowest BCUT2D eigenvalue weighted by Crippen LogP contribution is -2.40. The minimum absolute atomic E-state index is 0.00916. The van der Waals surface area contributed by atoms with Crippen molar-refractivity contribution in [2.24, 2.45) is 11.8 Å². The molecule has 0 aliphatic heterocycles. The Morgan fingerprint density at radius 2 is 1.57 bits per heavy atom. The van der Waals surface area contributed by atoms with Gasteiger partial charge in [0.05, 0.1) is 0 Å². The first kappa shape index (κ1) is 17.2. The zero-order chi connectivity index (χ0) is 15.8. The Morgan fingerprint density at radius 1 is 1.10 bits per heavy atom. The van der Waals surface area contributed by atoms with Crippen LogP contribution in [0.4, 0.5) is 5.69 Å². The van der Waals surface area contributed by atoms with Crippen molar-refractivity contribution >= 4 is 47.6 Å². The Kier molecular flexibility index (Phi) is 5.39. The Balaban J connectivity index is 2.27. The Hall–Kier alpha value is -0.110. The zero-order valence-electron chi connectivity index (χ0n) is 12.1. The van der Waals surface area contributed by atoms with Crippen molar-refractivity contribution in [2.45, 2.75) is 44.0 Å². The molecule has 1 aromatic rings. The van der Waals surface area contributed by atoms with E-state index >= 15 is 0 Å². The van der Waals surface area contributed by atoms with E-state index in [4.69, 9.17) is 5.73 Å². The molecule has 1 saturated carbocycles. The van der Waals surface area contributed by atoms with Gasteiger partial charge >= 0.3 is 0 Å². The van der Waals surface area contributed by atoms with Gasteiger partial charge in [-0.05, 0) is 75.1 Å². The molecule has 4 nitrogen and oxygen atoms in total. The van der Waals surface area contributed by atoms with Gasteiger partial charge in [-0.1, -0.05) is 13.8 Å². The van der Waals surface area contributed by atoms with E-state index in [1.165, 1.54) is 0 Å². The highest BCUT2D eigenvalue weighted by molar-refractivity contribution is 9.11. The first-order chi connectivity index (χ1) is 9.69. The molecule has 0 radical (unpaired) electrons. The van der Waals surface area contributed by atoms with Crippen LogP contribution in [0.25, 0.3) is 0 Å². The van der Waals surface area contributed by atoms with Crippen molar-refractivity contribution < 1.29 is 8.42 Å². The van der Waals surface area contributed by atoms with E-state index in [2.05, 4.69) is 50.4 Å². The number of halogens is 2. The number of nitrogens with one attached hydrogen (secondary N) is 1. The smallest absolute Gasteiger partial charge is 0.243 e. The van der Waals surface area contributed by atoms with Crippen molar-refractivity contribution in [3.05, 3.63) is 21.1 Å². The maximum absolute atomic E-state index is 12.7. The Morgan fingerprint density at radius 3 is 2.05 bits per heavy atom. The molecule has 0 spiro atoms. The van der Waals surface area contributed by atoms with Gasteiger partial charge in [0.2, 0.25) is 10.0 Å². The third-order valence-electron chi connectivity index (χ3n) is 3.79. The summed E-state index contributed by atoms with van der Waals surface area (Å²) in [7, 11) is -3.58. The molecule has 2 unspecified atom stereocenters. The number of sulfonamides is 1. The van der Waals surface area contributed by atoms with E-state index in [0.29, 0.717) is 26.5 Å². The second-order valence-corrected chi connectivity index (χ2v) is 9.41. The van der Waals surface area contributed by atoms with Gasteiger partial charge in [-0.15, -0.1) is 0 Å². The summed E-state index contributed by atoms with van der Waals surface area (Å²) < 4.78 is 29.1. The first-order valence-corrected chi connectivity index (χ1v) is 10.0. The van der Waals surface area contributed by atoms with Gasteiger partial charge in [-0.2, -0.15) is 0 Å². The third-order valence-corrected chi connectivity index (χ3v) is 7.19. The molecular weight excluding hydrogens is 420 g/mol. The van der Waals surface area contributed by atoms with Crippen LogP contribution in [-0.2, 0) is 10.0 Å². The van der Waals surface area contributed by atoms with Gasteiger partial charge in [0.15, 0.2) is 0 Å². The van der Waals surface area contributed by atoms with E-state index in [-0.39, 0.29) is 10.9 Å². The van der Waals surface area contributed by atoms with Crippen LogP contribution in [0.5, 0.6) is 0 Å². The summed E-state index contributed by atoms with van der Waals surface area (Å²) in [6, 6.07) is 3.20. The van der Waals surface area contributed by atoms with Crippen LogP contribution in [0, 0.1) is 11.8 Å². The number of nitrogen functional groups attached to an aromatic ring is 1. The molecule has 1 aromatic carbocycles. The average Bonchev–Trinajstić information content (AvgIpc) is 2.23. The van der Waals surface area contributed by atoms with Crippen LogP contribution in [0.3, 0.4) is 0 Å². The first-order valence-electron chi connectivity index (χ1n) is 6.96. The van der Waals surface area contributed by atoms with Crippen LogP contribution in [0.1, 0.15) is 33.1 Å². The highest BCUT2D eigenvalue weighted by Crippen LogP contribution is 2.34. The summed E-state index contributed by atoms with van der Waals surface area (Å²) in [5.74, 6) is 1.08. The number of nitrogens with two attached hydrogens (primary N) is 1. The summed E-state index contributed by atoms with van der Waals surface area (Å²) in [6.45, 7) is 4.35. The van der Waals surface area contributed by atoms with Crippen LogP contribution in [-0.4, -0.2) is 14.5 Å². The molecule has 21 heavy (non-hydrogen) atoms. The van der Waals surface area contributed by atoms with Gasteiger partial charge in [-0.3, -0.25) is 0 Å². The fourth-order valence-electron chi connectivity index (χ4n) is 3.16. The molecule has 2 atom stereocenters. The number of hydrogen-bond acceptors (Lipinski definition) is 3. The predicted molar refractivity (Wildman–Crippen MR) is 92.5 cm³/mol. The molecule has 3 N–H and O–H groups in total. The molecule has 0 amide bonds. The van der Waals surface area contributed by atoms with Crippen molar-refractivity contribution in [3.8, 4) is 0 Å². The summed E-state index contributed by atoms with van der Waals surface area (Å²) in [4.78, 5) is 0.211. The van der Waals surface area contributed by atoms with Crippen LogP contribution in [0.2, 0.25) is 0 Å². The minimum Gasteiger partial charge on any atom is -0.399 e. The van der Waals surface area contributed by atoms with Gasteiger partial charge in [-0.25, -0.2) is 13.1 Å². The normalized spacial score (nSPS) is 26.8. The Labute approximate surface area is 143 Å². The molecule has 1 aliphatic carbocycles. The molecule has 1 fully saturated rings. The van der Waals surface area contributed by atoms with Gasteiger partial charge < -0.3 is 5.73 Å². The quantitative estimate of drug-likeness (QED) is 0.701. The molecular formula is C14H20Br2N2O2S. The van der Waals surface area contributed by atoms with Gasteiger partial charge in [0.25, 0.3) is 0 Å². The largest absolute Gasteiger partial charge is 0.399 e. The molecule has 0 aromatic heterocycles. The lowest BCUT2D eigenvalue weighted by Gasteiger charge is -2.31. The van der Waals surface area contributed by atoms with Crippen molar-refractivity contribution in [1.29, 1.82) is 0 Å². The summed E-state index contributed by atoms with van der Waals surface area (Å²) in [5.41, 5.74) is 6.22. The van der Waals surface area contributed by atoms with Crippen molar-refractivity contribution in [2.75, 3.05) is 5.73 Å². The number of benzene rings is 1. The number of rotatable bonds is 3. The lowest BCUT2D eigenvalue weighted by atomic mass is 9.81. The summed E-state index contributed by atoms with van der Waals surface area (Å²) in [5, 5.41) is 0. The van der Waals surface area contributed by atoms with E-state index in [1.54, 1.807) is 12.1 Å². The van der Waals surface area contributed by atoms with Gasteiger partial charge in [0.1, 0.15) is 4.90 Å². The SMILES string of the molecule is CC1CC(C)CC(NS(=O)(=O)c2c(Br)cc(N)cc2Br)C1. The van der Waals surface area contributed by atoms with E-state index in [1.807, 2.05) is 0 Å². The summed E-state index contributed by atoms with van der Waals surface area (Å²) in [6.07, 6.45) is 2.93. The Bertz CT molecular complexity index is 601. The van der Waals surface area contributed by atoms with Crippen LogP contribution >= 0.6 is 31.9 Å². The predicted octanol–water partition coefficient (Wildman–Crippen LogP) is 3.90. The average molecular weight is 440 g/mol. The van der Waals surface area contributed by atoms with E-state index in [0.717, 1.165) is 19.3 Å². The lowest BCUT2D eigenvalue weighted by molar-refractivity contribution is 0.257. The summed E-state index contributed by atoms with van der Waals surface area (Å²) >= 11 is 6.59. The fourth-order valence-corrected chi connectivity index (χ4v) is 7.04. The monoisotopic (exact) mass is 438 g/mol. The van der Waals surface area contributed by atoms with E-state index in [9.17, 15) is 8.42 Å². The minimum atomic E-state index is -3.58. The maximum Gasteiger partial charge on any atom is 0.243 e. The highest BCUT2D eigenvalue weighted by atomic mass is 79.9. The number of hydrogen-bond donors (Lipinski definition) is 2. The van der Waals surface area contributed by atoms with E-state index < -0.39 is 10.0 Å². The molecule has 2 rings (SSSR count). The third kappa shape index (κ3) is 4.21. The fraction of sp³-hybridized carbons (Fsp3) is 0.571. The second kappa shape index (κ2) is 6.56. The van der Waals surface area contributed by atoms with Crippen LogP contribution < -0.4 is 10.5 Å². The molecule has 0 saturated heterocycles. The molecule has 0 heterocycles. The standard InChI is InChI=1S/C14H20Br2N2O2S/c1-8-3-9(2)5-11(4-8)18-21(19,20)14-12(15)6-10(17)7-13(14)16/h6-9,11,18H,3-5,17H2,1-2H3. The highest BCUT2D eigenvalue weighted by Gasteiger charge is 2.30. The van der Waals surface area contributed by atoms with Crippen molar-refractivity contribution in [1.82, 2.24) is 4.72 Å². The molecule has 7 heteroatoms. The molecule has 1 aliphatic rings. The zero-order valence-corrected chi connectivity index (χ0v) is 16.1.